The van der Waals surface area contributed by atoms with Crippen LogP contribution in [0.3, 0.4) is 0 Å². The van der Waals surface area contributed by atoms with Crippen molar-refractivity contribution in [1.82, 2.24) is 5.32 Å². The van der Waals surface area contributed by atoms with Crippen molar-refractivity contribution in [3.8, 4) is 5.75 Å². The van der Waals surface area contributed by atoms with E-state index in [9.17, 15) is 4.79 Å². The molecule has 0 aromatic heterocycles. The predicted molar refractivity (Wildman–Crippen MR) is 57.5 cm³/mol. The largest absolute Gasteiger partial charge is 0.489 e. The van der Waals surface area contributed by atoms with Gasteiger partial charge < -0.3 is 15.8 Å². The van der Waals surface area contributed by atoms with Crippen LogP contribution < -0.4 is 15.8 Å². The number of nitrogen functional groups attached to an aromatic ring is 1. The number of ether oxygens (including phenoxy) is 1. The van der Waals surface area contributed by atoms with Gasteiger partial charge in [-0.05, 0) is 18.6 Å². The number of nitrogens with two attached hydrogens (primary N) is 1. The molecular formula is C11H14N2O2. The molecule has 1 atom stereocenters. The molecule has 1 fully saturated rings. The predicted octanol–water partition coefficient (Wildman–Crippen LogP) is 0.926. The minimum absolute atomic E-state index is 0.102. The van der Waals surface area contributed by atoms with Crippen molar-refractivity contribution in [2.75, 3.05) is 12.3 Å². The fourth-order valence-electron chi connectivity index (χ4n) is 1.60. The van der Waals surface area contributed by atoms with Gasteiger partial charge in [0.2, 0.25) is 5.91 Å². The summed E-state index contributed by atoms with van der Waals surface area (Å²) in [6.45, 7) is 0.486. The van der Waals surface area contributed by atoms with Crippen molar-refractivity contribution in [1.29, 1.82) is 0 Å². The zero-order valence-corrected chi connectivity index (χ0v) is 8.40. The van der Waals surface area contributed by atoms with E-state index < -0.39 is 0 Å². The van der Waals surface area contributed by atoms with E-state index in [-0.39, 0.29) is 11.9 Å². The third-order valence-corrected chi connectivity index (χ3v) is 2.44. The number of carbonyl (C=O) groups excluding carboxylic acids is 1. The second-order valence-corrected chi connectivity index (χ2v) is 3.65. The summed E-state index contributed by atoms with van der Waals surface area (Å²) in [6, 6.07) is 7.48. The molecule has 2 rings (SSSR count). The number of anilines is 1. The maximum absolute atomic E-state index is 10.9. The van der Waals surface area contributed by atoms with Crippen LogP contribution >= 0.6 is 0 Å². The van der Waals surface area contributed by atoms with E-state index >= 15 is 0 Å². The molecule has 15 heavy (non-hydrogen) atoms. The van der Waals surface area contributed by atoms with Gasteiger partial charge in [-0.15, -0.1) is 0 Å². The molecule has 1 amide bonds. The van der Waals surface area contributed by atoms with Gasteiger partial charge in [0, 0.05) is 6.42 Å². The Morgan fingerprint density at radius 2 is 2.27 bits per heavy atom. The lowest BCUT2D eigenvalue weighted by Gasteiger charge is -2.12. The molecule has 1 aliphatic heterocycles. The molecule has 1 saturated heterocycles. The molecule has 0 aliphatic carbocycles. The van der Waals surface area contributed by atoms with Crippen LogP contribution in [0, 0.1) is 0 Å². The Bertz CT molecular complexity index is 365. The number of para-hydroxylation sites is 2. The van der Waals surface area contributed by atoms with Gasteiger partial charge in [-0.2, -0.15) is 0 Å². The number of hydrogen-bond donors (Lipinski definition) is 2. The zero-order valence-electron chi connectivity index (χ0n) is 8.40. The maximum atomic E-state index is 10.9. The topological polar surface area (TPSA) is 64.3 Å². The van der Waals surface area contributed by atoms with E-state index in [0.717, 1.165) is 6.42 Å². The van der Waals surface area contributed by atoms with Crippen LogP contribution in [0.25, 0.3) is 0 Å². The molecule has 3 N–H and O–H groups in total. The van der Waals surface area contributed by atoms with Crippen LogP contribution in [0.1, 0.15) is 12.8 Å². The highest BCUT2D eigenvalue weighted by atomic mass is 16.5. The summed E-state index contributed by atoms with van der Waals surface area (Å²) >= 11 is 0. The van der Waals surface area contributed by atoms with E-state index in [4.69, 9.17) is 10.5 Å². The van der Waals surface area contributed by atoms with E-state index in [1.807, 2.05) is 18.2 Å². The normalized spacial score (nSPS) is 20.0. The first-order valence-electron chi connectivity index (χ1n) is 5.02. The Hall–Kier alpha value is -1.71. The summed E-state index contributed by atoms with van der Waals surface area (Å²) in [4.78, 5) is 10.9. The lowest BCUT2D eigenvalue weighted by molar-refractivity contribution is -0.119. The van der Waals surface area contributed by atoms with Crippen LogP contribution in [0.5, 0.6) is 5.75 Å². The number of hydrogen-bond acceptors (Lipinski definition) is 3. The fourth-order valence-corrected chi connectivity index (χ4v) is 1.60. The van der Waals surface area contributed by atoms with Crippen LogP contribution in [-0.4, -0.2) is 18.6 Å². The Morgan fingerprint density at radius 3 is 2.93 bits per heavy atom. The van der Waals surface area contributed by atoms with Gasteiger partial charge >= 0.3 is 0 Å². The fraction of sp³-hybridized carbons (Fsp3) is 0.364. The highest BCUT2D eigenvalue weighted by Crippen LogP contribution is 2.20. The average molecular weight is 206 g/mol. The van der Waals surface area contributed by atoms with Gasteiger partial charge in [-0.3, -0.25) is 4.79 Å². The van der Waals surface area contributed by atoms with Gasteiger partial charge in [0.25, 0.3) is 0 Å². The van der Waals surface area contributed by atoms with E-state index in [1.54, 1.807) is 6.07 Å². The van der Waals surface area contributed by atoms with Crippen molar-refractivity contribution in [2.24, 2.45) is 0 Å². The summed E-state index contributed by atoms with van der Waals surface area (Å²) in [6.07, 6.45) is 1.43. The molecule has 80 valence electrons. The maximum Gasteiger partial charge on any atom is 0.220 e. The summed E-state index contributed by atoms with van der Waals surface area (Å²) in [7, 11) is 0. The quantitative estimate of drug-likeness (QED) is 0.723. The lowest BCUT2D eigenvalue weighted by atomic mass is 10.2. The summed E-state index contributed by atoms with van der Waals surface area (Å²) in [5.74, 6) is 0.781. The minimum atomic E-state index is 0.102. The van der Waals surface area contributed by atoms with Gasteiger partial charge in [0.05, 0.1) is 11.7 Å². The lowest BCUT2D eigenvalue weighted by Crippen LogP contribution is -2.30. The minimum Gasteiger partial charge on any atom is -0.489 e. The first-order valence-corrected chi connectivity index (χ1v) is 5.02. The molecule has 4 nitrogen and oxygen atoms in total. The molecule has 4 heteroatoms. The Labute approximate surface area is 88.4 Å². The van der Waals surface area contributed by atoms with Gasteiger partial charge in [0.15, 0.2) is 0 Å². The molecule has 0 saturated carbocycles. The highest BCUT2D eigenvalue weighted by Gasteiger charge is 2.21. The molecule has 1 aromatic rings. The molecular weight excluding hydrogens is 192 g/mol. The SMILES string of the molecule is Nc1ccccc1OCC1CCC(=O)N1. The number of nitrogens with one attached hydrogen (secondary N) is 1. The van der Waals surface area contributed by atoms with E-state index in [0.29, 0.717) is 24.5 Å². The Kier molecular flexibility index (Phi) is 2.76. The van der Waals surface area contributed by atoms with Crippen molar-refractivity contribution in [3.63, 3.8) is 0 Å². The molecule has 1 unspecified atom stereocenters. The molecule has 1 heterocycles. The van der Waals surface area contributed by atoms with Crippen molar-refractivity contribution in [2.45, 2.75) is 18.9 Å². The molecule has 0 spiro atoms. The number of amides is 1. The summed E-state index contributed by atoms with van der Waals surface area (Å²) in [5, 5.41) is 2.84. The number of carbonyl (C=O) groups is 1. The summed E-state index contributed by atoms with van der Waals surface area (Å²) < 4.78 is 5.53. The van der Waals surface area contributed by atoms with E-state index in [1.165, 1.54) is 0 Å². The van der Waals surface area contributed by atoms with Gasteiger partial charge in [-0.1, -0.05) is 12.1 Å². The average Bonchev–Trinajstić information content (AvgIpc) is 2.63. The first kappa shape index (κ1) is 9.83. The molecule has 1 aliphatic rings. The van der Waals surface area contributed by atoms with Gasteiger partial charge in [-0.25, -0.2) is 0 Å². The zero-order chi connectivity index (χ0) is 10.7. The van der Waals surface area contributed by atoms with Crippen LogP contribution in [0.2, 0.25) is 0 Å². The number of rotatable bonds is 3. The molecule has 0 radical (unpaired) electrons. The van der Waals surface area contributed by atoms with E-state index in [2.05, 4.69) is 5.32 Å². The summed E-state index contributed by atoms with van der Waals surface area (Å²) in [5.41, 5.74) is 6.35. The Balaban J connectivity index is 1.88. The first-order chi connectivity index (χ1) is 7.25. The van der Waals surface area contributed by atoms with Crippen LogP contribution in [-0.2, 0) is 4.79 Å². The number of benzene rings is 1. The second kappa shape index (κ2) is 4.21. The van der Waals surface area contributed by atoms with Crippen molar-refractivity contribution >= 4 is 11.6 Å². The smallest absolute Gasteiger partial charge is 0.220 e. The molecule has 1 aromatic carbocycles. The van der Waals surface area contributed by atoms with Crippen LogP contribution in [0.15, 0.2) is 24.3 Å². The highest BCUT2D eigenvalue weighted by molar-refractivity contribution is 5.78. The second-order valence-electron chi connectivity index (χ2n) is 3.65. The third kappa shape index (κ3) is 2.40. The Morgan fingerprint density at radius 1 is 1.47 bits per heavy atom. The van der Waals surface area contributed by atoms with Crippen LogP contribution in [0.4, 0.5) is 5.69 Å². The third-order valence-electron chi connectivity index (χ3n) is 2.44. The molecule has 0 bridgehead atoms. The standard InChI is InChI=1S/C11H14N2O2/c12-9-3-1-2-4-10(9)15-7-8-5-6-11(14)13-8/h1-4,8H,5-7,12H2,(H,13,14). The monoisotopic (exact) mass is 206 g/mol. The van der Waals surface area contributed by atoms with Crippen molar-refractivity contribution < 1.29 is 9.53 Å². The van der Waals surface area contributed by atoms with Gasteiger partial charge in [0.1, 0.15) is 12.4 Å². The van der Waals surface area contributed by atoms with Crippen molar-refractivity contribution in [3.05, 3.63) is 24.3 Å².